The number of rotatable bonds is 6. The molecule has 2 amide bonds. The molecule has 136 valence electrons. The van der Waals surface area contributed by atoms with Crippen LogP contribution in [0.5, 0.6) is 0 Å². The van der Waals surface area contributed by atoms with Crippen LogP contribution in [0.25, 0.3) is 11.1 Å². The number of carbonyl (C=O) groups is 3. The van der Waals surface area contributed by atoms with Gasteiger partial charge in [-0.1, -0.05) is 24.3 Å². The predicted octanol–water partition coefficient (Wildman–Crippen LogP) is 0.684. The van der Waals surface area contributed by atoms with E-state index in [2.05, 4.69) is 5.32 Å². The van der Waals surface area contributed by atoms with Gasteiger partial charge in [-0.05, 0) is 35.4 Å². The number of hydrogen-bond acceptors (Lipinski definition) is 5. The Bertz CT molecular complexity index is 785. The van der Waals surface area contributed by atoms with E-state index < -0.39 is 30.2 Å². The quantitative estimate of drug-likeness (QED) is 0.521. The number of benzene rings is 2. The maximum absolute atomic E-state index is 12.6. The first kappa shape index (κ1) is 19.1. The molecule has 0 aliphatic heterocycles. The maximum Gasteiger partial charge on any atom is 0.254 e. The van der Waals surface area contributed by atoms with Gasteiger partial charge in [0.15, 0.2) is 11.8 Å². The van der Waals surface area contributed by atoms with Gasteiger partial charge in [-0.2, -0.15) is 0 Å². The third-order valence-corrected chi connectivity index (χ3v) is 4.04. The molecule has 0 aliphatic rings. The first-order valence-corrected chi connectivity index (χ1v) is 7.97. The minimum atomic E-state index is -1.38. The van der Waals surface area contributed by atoms with Crippen LogP contribution in [0.2, 0.25) is 0 Å². The lowest BCUT2D eigenvalue weighted by molar-refractivity contribution is -0.135. The summed E-state index contributed by atoms with van der Waals surface area (Å²) in [5, 5.41) is 11.4. The van der Waals surface area contributed by atoms with Crippen LogP contribution in [0.1, 0.15) is 10.4 Å². The third kappa shape index (κ3) is 4.07. The highest BCUT2D eigenvalue weighted by Crippen LogP contribution is 2.21. The van der Waals surface area contributed by atoms with Gasteiger partial charge in [0.25, 0.3) is 5.91 Å². The summed E-state index contributed by atoms with van der Waals surface area (Å²) >= 11 is 0. The minimum Gasteiger partial charge on any atom is -0.399 e. The number of hydrogen-bond donors (Lipinski definition) is 3. The summed E-state index contributed by atoms with van der Waals surface area (Å²) in [6.07, 6.45) is 0. The van der Waals surface area contributed by atoms with E-state index in [1.54, 1.807) is 36.4 Å². The van der Waals surface area contributed by atoms with Crippen molar-refractivity contribution < 1.29 is 19.5 Å². The molecular weight excluding hydrogens is 334 g/mol. The van der Waals surface area contributed by atoms with Gasteiger partial charge in [0, 0.05) is 25.3 Å². The molecule has 2 rings (SSSR count). The molecule has 2 aromatic carbocycles. The number of nitrogens with zero attached hydrogens (tertiary/aromatic N) is 1. The van der Waals surface area contributed by atoms with Crippen LogP contribution in [0.3, 0.4) is 0 Å². The second kappa shape index (κ2) is 8.26. The smallest absolute Gasteiger partial charge is 0.254 e. The summed E-state index contributed by atoms with van der Waals surface area (Å²) in [6.45, 7) is -0.828. The van der Waals surface area contributed by atoms with E-state index in [1.807, 2.05) is 12.1 Å². The Morgan fingerprint density at radius 1 is 1.04 bits per heavy atom. The number of anilines is 1. The number of Topliss-reactive ketones (excluding diaryl/α,β-unsaturated/α-hetero) is 1. The molecule has 0 radical (unpaired) electrons. The van der Waals surface area contributed by atoms with Crippen molar-refractivity contribution in [2.24, 2.45) is 0 Å². The Labute approximate surface area is 151 Å². The van der Waals surface area contributed by atoms with Crippen molar-refractivity contribution in [3.8, 4) is 11.1 Å². The molecular formula is C19H21N3O4. The van der Waals surface area contributed by atoms with Gasteiger partial charge < -0.3 is 21.1 Å². The normalized spacial score (nSPS) is 11.5. The fourth-order valence-electron chi connectivity index (χ4n) is 2.56. The van der Waals surface area contributed by atoms with E-state index in [0.717, 1.165) is 16.0 Å². The second-order valence-corrected chi connectivity index (χ2v) is 5.76. The summed E-state index contributed by atoms with van der Waals surface area (Å²) in [5.41, 5.74) is 8.51. The molecule has 7 nitrogen and oxygen atoms in total. The van der Waals surface area contributed by atoms with Gasteiger partial charge in [0.05, 0.1) is 0 Å². The maximum atomic E-state index is 12.6. The molecule has 7 heteroatoms. The number of nitrogens with two attached hydrogens (primary N) is 1. The summed E-state index contributed by atoms with van der Waals surface area (Å²) in [6, 6.07) is 12.7. The van der Waals surface area contributed by atoms with E-state index in [1.165, 1.54) is 14.1 Å². The van der Waals surface area contributed by atoms with E-state index in [4.69, 9.17) is 10.8 Å². The first-order chi connectivity index (χ1) is 12.4. The second-order valence-electron chi connectivity index (χ2n) is 5.76. The number of nitrogen functional groups attached to an aromatic ring is 1. The highest BCUT2D eigenvalue weighted by Gasteiger charge is 2.32. The molecule has 0 aliphatic carbocycles. The van der Waals surface area contributed by atoms with Crippen LogP contribution in [-0.2, 0) is 9.59 Å². The molecule has 0 bridgehead atoms. The van der Waals surface area contributed by atoms with E-state index in [0.29, 0.717) is 11.3 Å². The van der Waals surface area contributed by atoms with Crippen LogP contribution < -0.4 is 11.1 Å². The molecule has 0 heterocycles. The lowest BCUT2D eigenvalue weighted by Gasteiger charge is -2.25. The van der Waals surface area contributed by atoms with Crippen molar-refractivity contribution in [1.82, 2.24) is 10.2 Å². The molecule has 0 aromatic heterocycles. The molecule has 0 saturated heterocycles. The number of amides is 2. The standard InChI is InChI=1S/C19H21N3O4/c1-21-18(25)17(16(24)11-23)22(2)19(26)14-5-3-12(4-6-14)13-7-9-15(20)10-8-13/h3-10,17,23H,11,20H2,1-2H3,(H,21,25). The van der Waals surface area contributed by atoms with Crippen molar-refractivity contribution in [2.45, 2.75) is 6.04 Å². The monoisotopic (exact) mass is 355 g/mol. The molecule has 0 spiro atoms. The highest BCUT2D eigenvalue weighted by atomic mass is 16.3. The van der Waals surface area contributed by atoms with E-state index in [9.17, 15) is 14.4 Å². The lowest BCUT2D eigenvalue weighted by Crippen LogP contribution is -2.52. The average Bonchev–Trinajstić information content (AvgIpc) is 2.67. The molecule has 26 heavy (non-hydrogen) atoms. The topological polar surface area (TPSA) is 113 Å². The van der Waals surface area contributed by atoms with Crippen molar-refractivity contribution in [3.63, 3.8) is 0 Å². The van der Waals surface area contributed by atoms with Gasteiger partial charge in [-0.25, -0.2) is 0 Å². The van der Waals surface area contributed by atoms with Gasteiger partial charge in [0.2, 0.25) is 5.91 Å². The summed E-state index contributed by atoms with van der Waals surface area (Å²) < 4.78 is 0. The fraction of sp³-hybridized carbons (Fsp3) is 0.211. The third-order valence-electron chi connectivity index (χ3n) is 4.04. The first-order valence-electron chi connectivity index (χ1n) is 7.97. The fourth-order valence-corrected chi connectivity index (χ4v) is 2.56. The Kier molecular flexibility index (Phi) is 6.08. The summed E-state index contributed by atoms with van der Waals surface area (Å²) in [7, 11) is 2.71. The molecule has 0 saturated carbocycles. The lowest BCUT2D eigenvalue weighted by atomic mass is 10.0. The zero-order valence-electron chi connectivity index (χ0n) is 14.6. The van der Waals surface area contributed by atoms with Crippen LogP contribution in [0.15, 0.2) is 48.5 Å². The molecule has 1 atom stereocenters. The zero-order chi connectivity index (χ0) is 19.3. The Balaban J connectivity index is 2.24. The van der Waals surface area contributed by atoms with Gasteiger partial charge in [-0.3, -0.25) is 14.4 Å². The highest BCUT2D eigenvalue weighted by molar-refractivity contribution is 6.10. The Morgan fingerprint density at radius 3 is 2.00 bits per heavy atom. The van der Waals surface area contributed by atoms with Gasteiger partial charge >= 0.3 is 0 Å². The summed E-state index contributed by atoms with van der Waals surface area (Å²) in [5.74, 6) is -1.90. The number of aliphatic hydroxyl groups excluding tert-OH is 1. The van der Waals surface area contributed by atoms with E-state index in [-0.39, 0.29) is 0 Å². The van der Waals surface area contributed by atoms with Gasteiger partial charge in [0.1, 0.15) is 6.61 Å². The number of ketones is 1. The van der Waals surface area contributed by atoms with Crippen LogP contribution in [-0.4, -0.2) is 54.3 Å². The number of aliphatic hydroxyl groups is 1. The molecule has 1 unspecified atom stereocenters. The zero-order valence-corrected chi connectivity index (χ0v) is 14.6. The number of carbonyl (C=O) groups excluding carboxylic acids is 3. The molecule has 0 fully saturated rings. The summed E-state index contributed by atoms with van der Waals surface area (Å²) in [4.78, 5) is 37.4. The SMILES string of the molecule is CNC(=O)C(C(=O)CO)N(C)C(=O)c1ccc(-c2ccc(N)cc2)cc1. The molecule has 2 aromatic rings. The largest absolute Gasteiger partial charge is 0.399 e. The van der Waals surface area contributed by atoms with Gasteiger partial charge in [-0.15, -0.1) is 0 Å². The predicted molar refractivity (Wildman–Crippen MR) is 98.3 cm³/mol. The van der Waals surface area contributed by atoms with Crippen LogP contribution in [0.4, 0.5) is 5.69 Å². The van der Waals surface area contributed by atoms with Crippen molar-refractivity contribution in [2.75, 3.05) is 26.4 Å². The van der Waals surface area contributed by atoms with Crippen LogP contribution in [0, 0.1) is 0 Å². The van der Waals surface area contributed by atoms with Crippen molar-refractivity contribution >= 4 is 23.3 Å². The van der Waals surface area contributed by atoms with Crippen molar-refractivity contribution in [1.29, 1.82) is 0 Å². The Morgan fingerprint density at radius 2 is 1.54 bits per heavy atom. The van der Waals surface area contributed by atoms with E-state index >= 15 is 0 Å². The Hall–Kier alpha value is -3.19. The average molecular weight is 355 g/mol. The van der Waals surface area contributed by atoms with Crippen LogP contribution >= 0.6 is 0 Å². The minimum absolute atomic E-state index is 0.325. The number of likely N-dealkylation sites (N-methyl/N-ethyl adjacent to an activating group) is 2. The molecule has 4 N–H and O–H groups in total. The number of nitrogens with one attached hydrogen (secondary N) is 1. The van der Waals surface area contributed by atoms with Crippen molar-refractivity contribution in [3.05, 3.63) is 54.1 Å².